The Morgan fingerprint density at radius 3 is 2.77 bits per heavy atom. The van der Waals surface area contributed by atoms with Gasteiger partial charge < -0.3 is 10.4 Å². The Labute approximate surface area is 78.5 Å². The zero-order valence-corrected chi connectivity index (χ0v) is 7.62. The summed E-state index contributed by atoms with van der Waals surface area (Å²) in [5.74, 6) is 2.11. The van der Waals surface area contributed by atoms with Crippen LogP contribution in [0, 0.1) is 18.3 Å². The van der Waals surface area contributed by atoms with Gasteiger partial charge in [-0.05, 0) is 18.8 Å². The van der Waals surface area contributed by atoms with Crippen LogP contribution >= 0.6 is 0 Å². The lowest BCUT2D eigenvalue weighted by Crippen LogP contribution is -2.38. The lowest BCUT2D eigenvalue weighted by atomic mass is 10.0. The monoisotopic (exact) mass is 181 g/mol. The maximum absolute atomic E-state index is 11.2. The summed E-state index contributed by atoms with van der Waals surface area (Å²) < 4.78 is 0. The number of terminal acetylenes is 1. The molecule has 0 radical (unpaired) electrons. The number of carbonyl (C=O) groups excluding carboxylic acids is 1. The van der Waals surface area contributed by atoms with Crippen molar-refractivity contribution in [1.29, 1.82) is 0 Å². The zero-order valence-electron chi connectivity index (χ0n) is 7.62. The van der Waals surface area contributed by atoms with E-state index in [1.165, 1.54) is 0 Å². The number of aliphatic hydroxyl groups is 1. The van der Waals surface area contributed by atoms with Gasteiger partial charge in [-0.2, -0.15) is 0 Å². The average Bonchev–Trinajstić information content (AvgIpc) is 2.65. The van der Waals surface area contributed by atoms with E-state index < -0.39 is 6.10 Å². The van der Waals surface area contributed by atoms with Gasteiger partial charge in [0, 0.05) is 0 Å². The number of aliphatic hydroxyl groups excluding tert-OH is 1. The van der Waals surface area contributed by atoms with Crippen LogP contribution in [0.25, 0.3) is 0 Å². The van der Waals surface area contributed by atoms with Crippen molar-refractivity contribution >= 4 is 5.91 Å². The first kappa shape index (κ1) is 10.1. The summed E-state index contributed by atoms with van der Waals surface area (Å²) in [6.45, 7) is 0.197. The summed E-state index contributed by atoms with van der Waals surface area (Å²) in [5, 5.41) is 12.0. The van der Waals surface area contributed by atoms with E-state index >= 15 is 0 Å². The van der Waals surface area contributed by atoms with Gasteiger partial charge in [0.15, 0.2) is 0 Å². The highest BCUT2D eigenvalue weighted by Gasteiger charge is 2.28. The lowest BCUT2D eigenvalue weighted by molar-refractivity contribution is -0.131. The highest BCUT2D eigenvalue weighted by Crippen LogP contribution is 2.27. The highest BCUT2D eigenvalue weighted by atomic mass is 16.3. The minimum absolute atomic E-state index is 0.137. The highest BCUT2D eigenvalue weighted by molar-refractivity contribution is 5.81. The summed E-state index contributed by atoms with van der Waals surface area (Å²) in [4.78, 5) is 11.2. The molecule has 0 aromatic rings. The second kappa shape index (κ2) is 4.88. The molecule has 13 heavy (non-hydrogen) atoms. The first-order valence-corrected chi connectivity index (χ1v) is 4.65. The molecule has 0 spiro atoms. The molecule has 1 aliphatic rings. The van der Waals surface area contributed by atoms with Gasteiger partial charge in [-0.25, -0.2) is 0 Å². The third kappa shape index (κ3) is 2.74. The Kier molecular flexibility index (Phi) is 3.78. The van der Waals surface area contributed by atoms with Crippen molar-refractivity contribution in [1.82, 2.24) is 5.32 Å². The van der Waals surface area contributed by atoms with Crippen LogP contribution in [0.15, 0.2) is 0 Å². The fourth-order valence-electron chi connectivity index (χ4n) is 1.73. The topological polar surface area (TPSA) is 49.3 Å². The van der Waals surface area contributed by atoms with Crippen LogP contribution in [-0.2, 0) is 4.79 Å². The van der Waals surface area contributed by atoms with Gasteiger partial charge in [0.05, 0.1) is 6.54 Å². The van der Waals surface area contributed by atoms with Crippen molar-refractivity contribution in [2.45, 2.75) is 31.8 Å². The Morgan fingerprint density at radius 2 is 2.23 bits per heavy atom. The molecule has 2 N–H and O–H groups in total. The number of hydrogen-bond donors (Lipinski definition) is 2. The van der Waals surface area contributed by atoms with E-state index in [0.29, 0.717) is 0 Å². The lowest BCUT2D eigenvalue weighted by Gasteiger charge is -2.15. The van der Waals surface area contributed by atoms with Gasteiger partial charge in [-0.3, -0.25) is 4.79 Å². The molecule has 3 heteroatoms. The largest absolute Gasteiger partial charge is 0.383 e. The summed E-state index contributed by atoms with van der Waals surface area (Å²) in [6.07, 6.45) is 8.25. The summed E-state index contributed by atoms with van der Waals surface area (Å²) in [7, 11) is 0. The second-order valence-electron chi connectivity index (χ2n) is 3.41. The summed E-state index contributed by atoms with van der Waals surface area (Å²) in [6, 6.07) is 0. The summed E-state index contributed by atoms with van der Waals surface area (Å²) in [5.41, 5.74) is 0. The van der Waals surface area contributed by atoms with Gasteiger partial charge in [-0.1, -0.05) is 18.8 Å². The molecule has 72 valence electrons. The molecule has 0 saturated heterocycles. The van der Waals surface area contributed by atoms with E-state index in [2.05, 4.69) is 11.2 Å². The van der Waals surface area contributed by atoms with E-state index in [1.807, 2.05) is 0 Å². The number of rotatable bonds is 3. The molecule has 3 nitrogen and oxygen atoms in total. The van der Waals surface area contributed by atoms with Crippen molar-refractivity contribution < 1.29 is 9.90 Å². The second-order valence-corrected chi connectivity index (χ2v) is 3.41. The standard InChI is InChI=1S/C10H15NO2/c1-2-7-11-10(13)9(12)8-5-3-4-6-8/h1,8-9,12H,3-7H2,(H,11,13). The Hall–Kier alpha value is -1.01. The molecule has 1 rings (SSSR count). The molecule has 0 bridgehead atoms. The molecule has 1 saturated carbocycles. The van der Waals surface area contributed by atoms with Crippen LogP contribution in [0.2, 0.25) is 0 Å². The van der Waals surface area contributed by atoms with E-state index in [-0.39, 0.29) is 18.4 Å². The minimum atomic E-state index is -0.865. The quantitative estimate of drug-likeness (QED) is 0.615. The van der Waals surface area contributed by atoms with Gasteiger partial charge in [0.1, 0.15) is 6.10 Å². The van der Waals surface area contributed by atoms with Gasteiger partial charge >= 0.3 is 0 Å². The first-order valence-electron chi connectivity index (χ1n) is 4.65. The summed E-state index contributed by atoms with van der Waals surface area (Å²) >= 11 is 0. The predicted octanol–water partition coefficient (Wildman–Crippen LogP) is 0.287. The minimum Gasteiger partial charge on any atom is -0.383 e. The van der Waals surface area contributed by atoms with E-state index in [1.54, 1.807) is 0 Å². The number of hydrogen-bond acceptors (Lipinski definition) is 2. The molecule has 1 amide bonds. The van der Waals surface area contributed by atoms with Crippen LogP contribution in [0.5, 0.6) is 0 Å². The molecule has 0 aliphatic heterocycles. The Balaban J connectivity index is 2.33. The van der Waals surface area contributed by atoms with Crippen molar-refractivity contribution in [2.75, 3.05) is 6.54 Å². The molecule has 0 aromatic heterocycles. The van der Waals surface area contributed by atoms with E-state index in [0.717, 1.165) is 25.7 Å². The van der Waals surface area contributed by atoms with Crippen LogP contribution in [-0.4, -0.2) is 23.7 Å². The molecule has 0 aromatic carbocycles. The first-order chi connectivity index (χ1) is 6.25. The average molecular weight is 181 g/mol. The van der Waals surface area contributed by atoms with E-state index in [4.69, 9.17) is 6.42 Å². The Morgan fingerprint density at radius 1 is 1.62 bits per heavy atom. The van der Waals surface area contributed by atoms with Crippen molar-refractivity contribution in [3.05, 3.63) is 0 Å². The molecular weight excluding hydrogens is 166 g/mol. The van der Waals surface area contributed by atoms with Crippen LogP contribution in [0.1, 0.15) is 25.7 Å². The number of nitrogens with one attached hydrogen (secondary N) is 1. The normalized spacial score (nSPS) is 19.4. The maximum Gasteiger partial charge on any atom is 0.249 e. The SMILES string of the molecule is C#CCNC(=O)C(O)C1CCCC1. The van der Waals surface area contributed by atoms with Gasteiger partial charge in [-0.15, -0.1) is 6.42 Å². The van der Waals surface area contributed by atoms with Crippen LogP contribution in [0.3, 0.4) is 0 Å². The third-order valence-corrected chi connectivity index (χ3v) is 2.48. The number of carbonyl (C=O) groups is 1. The Bertz CT molecular complexity index is 213. The van der Waals surface area contributed by atoms with Crippen molar-refractivity contribution in [2.24, 2.45) is 5.92 Å². The smallest absolute Gasteiger partial charge is 0.249 e. The molecule has 1 unspecified atom stereocenters. The number of amides is 1. The zero-order chi connectivity index (χ0) is 9.68. The maximum atomic E-state index is 11.2. The van der Waals surface area contributed by atoms with Crippen molar-refractivity contribution in [3.63, 3.8) is 0 Å². The van der Waals surface area contributed by atoms with Gasteiger partial charge in [0.2, 0.25) is 5.91 Å². The third-order valence-electron chi connectivity index (χ3n) is 2.48. The molecular formula is C10H15NO2. The van der Waals surface area contributed by atoms with Gasteiger partial charge in [0.25, 0.3) is 0 Å². The molecule has 1 aliphatic carbocycles. The van der Waals surface area contributed by atoms with Crippen molar-refractivity contribution in [3.8, 4) is 12.3 Å². The van der Waals surface area contributed by atoms with Crippen LogP contribution < -0.4 is 5.32 Å². The molecule has 1 atom stereocenters. The molecule has 0 heterocycles. The molecule has 1 fully saturated rings. The fraction of sp³-hybridized carbons (Fsp3) is 0.700. The fourth-order valence-corrected chi connectivity index (χ4v) is 1.73. The van der Waals surface area contributed by atoms with E-state index in [9.17, 15) is 9.90 Å². The predicted molar refractivity (Wildman–Crippen MR) is 49.8 cm³/mol. The van der Waals surface area contributed by atoms with Crippen LogP contribution in [0.4, 0.5) is 0 Å².